The Bertz CT molecular complexity index is 256. The summed E-state index contributed by atoms with van der Waals surface area (Å²) in [6.45, 7) is 4.96. The zero-order chi connectivity index (χ0) is 13.6. The van der Waals surface area contributed by atoms with Gasteiger partial charge in [-0.25, -0.2) is 9.97 Å². The van der Waals surface area contributed by atoms with E-state index in [0.717, 1.165) is 6.54 Å². The molecule has 0 fully saturated rings. The van der Waals surface area contributed by atoms with Gasteiger partial charge >= 0.3 is 0 Å². The van der Waals surface area contributed by atoms with Gasteiger partial charge in [0, 0.05) is 12.4 Å². The molecular formula is C14H28N4. The summed E-state index contributed by atoms with van der Waals surface area (Å²) in [4.78, 5) is 7.88. The second-order valence-electron chi connectivity index (χ2n) is 4.45. The van der Waals surface area contributed by atoms with E-state index in [9.17, 15) is 0 Å². The van der Waals surface area contributed by atoms with Crippen molar-refractivity contribution in [2.45, 2.75) is 58.4 Å². The van der Waals surface area contributed by atoms with Crippen LogP contribution in [0.25, 0.3) is 0 Å². The first-order chi connectivity index (χ1) is 8.72. The third kappa shape index (κ3) is 10.2. The van der Waals surface area contributed by atoms with Crippen molar-refractivity contribution < 1.29 is 0 Å². The molecule has 1 atom stereocenters. The maximum atomic E-state index is 5.49. The molecule has 0 saturated carbocycles. The number of hydrogen-bond acceptors (Lipinski definition) is 4. The van der Waals surface area contributed by atoms with Crippen LogP contribution in [-0.4, -0.2) is 16.5 Å². The summed E-state index contributed by atoms with van der Waals surface area (Å²) >= 11 is 0. The summed E-state index contributed by atoms with van der Waals surface area (Å²) in [5.41, 5.74) is 10.8. The van der Waals surface area contributed by atoms with E-state index in [1.165, 1.54) is 38.5 Å². The topological polar surface area (TPSA) is 77.8 Å². The molecule has 1 heterocycles. The number of hydrogen-bond donors (Lipinski definition) is 2. The normalized spacial score (nSPS) is 11.6. The minimum atomic E-state index is -0.0637. The zero-order valence-electron chi connectivity index (χ0n) is 11.8. The number of aromatic nitrogens is 2. The van der Waals surface area contributed by atoms with Gasteiger partial charge in [0.25, 0.3) is 0 Å². The Labute approximate surface area is 111 Å². The fourth-order valence-corrected chi connectivity index (χ4v) is 1.47. The monoisotopic (exact) mass is 252 g/mol. The summed E-state index contributed by atoms with van der Waals surface area (Å²) in [6, 6.07) is 1.71. The van der Waals surface area contributed by atoms with E-state index in [2.05, 4.69) is 16.9 Å². The first kappa shape index (κ1) is 17.0. The summed E-state index contributed by atoms with van der Waals surface area (Å²) < 4.78 is 0. The minimum absolute atomic E-state index is 0.0637. The van der Waals surface area contributed by atoms with Crippen molar-refractivity contribution in [2.75, 3.05) is 6.54 Å². The zero-order valence-corrected chi connectivity index (χ0v) is 11.8. The SMILES string of the molecule is CC(N)c1ncccn1.CCCCCCCCN. The summed E-state index contributed by atoms with van der Waals surface area (Å²) in [6.07, 6.45) is 11.4. The van der Waals surface area contributed by atoms with Gasteiger partial charge in [-0.05, 0) is 26.0 Å². The Morgan fingerprint density at radius 3 is 2.06 bits per heavy atom. The van der Waals surface area contributed by atoms with Gasteiger partial charge in [-0.3, -0.25) is 0 Å². The van der Waals surface area contributed by atoms with Crippen molar-refractivity contribution in [3.05, 3.63) is 24.3 Å². The second kappa shape index (κ2) is 12.5. The highest BCUT2D eigenvalue weighted by atomic mass is 14.9. The Hall–Kier alpha value is -1.00. The van der Waals surface area contributed by atoms with Crippen molar-refractivity contribution in [1.29, 1.82) is 0 Å². The Kier molecular flexibility index (Phi) is 11.8. The van der Waals surface area contributed by atoms with Crippen LogP contribution < -0.4 is 11.5 Å². The summed E-state index contributed by atoms with van der Waals surface area (Å²) in [5, 5.41) is 0. The van der Waals surface area contributed by atoms with Crippen LogP contribution in [0.1, 0.15) is 64.2 Å². The largest absolute Gasteiger partial charge is 0.330 e. The smallest absolute Gasteiger partial charge is 0.144 e. The van der Waals surface area contributed by atoms with Crippen LogP contribution in [0.3, 0.4) is 0 Å². The highest BCUT2D eigenvalue weighted by molar-refractivity contribution is 4.92. The molecule has 1 unspecified atom stereocenters. The fraction of sp³-hybridized carbons (Fsp3) is 0.714. The highest BCUT2D eigenvalue weighted by Gasteiger charge is 1.97. The van der Waals surface area contributed by atoms with Crippen molar-refractivity contribution in [2.24, 2.45) is 11.5 Å². The standard InChI is InChI=1S/C8H19N.C6H9N3/c1-2-3-4-5-6-7-8-9;1-5(7)6-8-3-2-4-9-6/h2-9H2,1H3;2-5H,7H2,1H3. The van der Waals surface area contributed by atoms with Gasteiger partial charge < -0.3 is 11.5 Å². The average molecular weight is 252 g/mol. The quantitative estimate of drug-likeness (QED) is 0.731. The van der Waals surface area contributed by atoms with Crippen LogP contribution in [-0.2, 0) is 0 Å². The lowest BCUT2D eigenvalue weighted by atomic mass is 10.1. The molecular weight excluding hydrogens is 224 g/mol. The van der Waals surface area contributed by atoms with Crippen LogP contribution >= 0.6 is 0 Å². The van der Waals surface area contributed by atoms with Crippen molar-refractivity contribution in [3.63, 3.8) is 0 Å². The first-order valence-corrected chi connectivity index (χ1v) is 6.94. The number of rotatable bonds is 7. The molecule has 0 aliphatic rings. The van der Waals surface area contributed by atoms with Gasteiger partial charge in [-0.2, -0.15) is 0 Å². The molecule has 0 amide bonds. The molecule has 4 heteroatoms. The van der Waals surface area contributed by atoms with Crippen LogP contribution in [0.5, 0.6) is 0 Å². The molecule has 0 spiro atoms. The third-order valence-electron chi connectivity index (χ3n) is 2.55. The van der Waals surface area contributed by atoms with Crippen LogP contribution in [0.4, 0.5) is 0 Å². The Balaban J connectivity index is 0.000000321. The lowest BCUT2D eigenvalue weighted by molar-refractivity contribution is 0.612. The van der Waals surface area contributed by atoms with E-state index in [1.807, 2.05) is 6.92 Å². The van der Waals surface area contributed by atoms with E-state index in [-0.39, 0.29) is 6.04 Å². The maximum Gasteiger partial charge on any atom is 0.144 e. The van der Waals surface area contributed by atoms with Gasteiger partial charge in [0.1, 0.15) is 5.82 Å². The van der Waals surface area contributed by atoms with Crippen LogP contribution in [0.15, 0.2) is 18.5 Å². The van der Waals surface area contributed by atoms with Crippen molar-refractivity contribution in [1.82, 2.24) is 9.97 Å². The highest BCUT2D eigenvalue weighted by Crippen LogP contribution is 2.03. The van der Waals surface area contributed by atoms with Crippen LogP contribution in [0.2, 0.25) is 0 Å². The van der Waals surface area contributed by atoms with E-state index < -0.39 is 0 Å². The van der Waals surface area contributed by atoms with E-state index in [1.54, 1.807) is 18.5 Å². The molecule has 18 heavy (non-hydrogen) atoms. The lowest BCUT2D eigenvalue weighted by Gasteiger charge is -1.99. The molecule has 104 valence electrons. The fourth-order valence-electron chi connectivity index (χ4n) is 1.47. The molecule has 0 aromatic carbocycles. The number of nitrogens with two attached hydrogens (primary N) is 2. The van der Waals surface area contributed by atoms with Gasteiger partial charge in [-0.15, -0.1) is 0 Å². The maximum absolute atomic E-state index is 5.49. The Morgan fingerprint density at radius 2 is 1.61 bits per heavy atom. The minimum Gasteiger partial charge on any atom is -0.330 e. The third-order valence-corrected chi connectivity index (χ3v) is 2.55. The molecule has 1 aromatic heterocycles. The number of unbranched alkanes of at least 4 members (excludes halogenated alkanes) is 5. The summed E-state index contributed by atoms with van der Waals surface area (Å²) in [5.74, 6) is 0.692. The molecule has 0 aliphatic carbocycles. The van der Waals surface area contributed by atoms with Gasteiger partial charge in [0.2, 0.25) is 0 Å². The molecule has 1 aromatic rings. The predicted octanol–water partition coefficient (Wildman–Crippen LogP) is 2.80. The van der Waals surface area contributed by atoms with E-state index in [4.69, 9.17) is 11.5 Å². The summed E-state index contributed by atoms with van der Waals surface area (Å²) in [7, 11) is 0. The van der Waals surface area contributed by atoms with E-state index in [0.29, 0.717) is 5.82 Å². The second-order valence-corrected chi connectivity index (χ2v) is 4.45. The van der Waals surface area contributed by atoms with Crippen LogP contribution in [0, 0.1) is 0 Å². The van der Waals surface area contributed by atoms with Gasteiger partial charge in [0.05, 0.1) is 6.04 Å². The molecule has 0 bridgehead atoms. The molecule has 1 rings (SSSR count). The lowest BCUT2D eigenvalue weighted by Crippen LogP contribution is -2.08. The van der Waals surface area contributed by atoms with E-state index >= 15 is 0 Å². The van der Waals surface area contributed by atoms with Gasteiger partial charge in [0.15, 0.2) is 0 Å². The first-order valence-electron chi connectivity index (χ1n) is 6.94. The molecule has 4 N–H and O–H groups in total. The Morgan fingerprint density at radius 1 is 1.06 bits per heavy atom. The van der Waals surface area contributed by atoms with Crippen molar-refractivity contribution in [3.8, 4) is 0 Å². The molecule has 0 saturated heterocycles. The average Bonchev–Trinajstić information content (AvgIpc) is 2.40. The molecule has 0 radical (unpaired) electrons. The van der Waals surface area contributed by atoms with Gasteiger partial charge in [-0.1, -0.05) is 39.0 Å². The molecule has 0 aliphatic heterocycles. The number of nitrogens with zero attached hydrogens (tertiary/aromatic N) is 2. The molecule has 4 nitrogen and oxygen atoms in total. The van der Waals surface area contributed by atoms with Crippen molar-refractivity contribution >= 4 is 0 Å². The predicted molar refractivity (Wildman–Crippen MR) is 77.1 cm³/mol.